The molecule has 1 aromatic heterocycles. The summed E-state index contributed by atoms with van der Waals surface area (Å²) in [6.07, 6.45) is 1.62. The monoisotopic (exact) mass is 341 g/mol. The summed E-state index contributed by atoms with van der Waals surface area (Å²) in [5, 5.41) is 8.11. The molecule has 1 fully saturated rings. The lowest BCUT2D eigenvalue weighted by Gasteiger charge is -2.33. The van der Waals surface area contributed by atoms with Gasteiger partial charge in [-0.2, -0.15) is 5.10 Å². The van der Waals surface area contributed by atoms with Crippen LogP contribution in [0.5, 0.6) is 0 Å². The minimum absolute atomic E-state index is 0.228. The molecule has 1 aliphatic rings. The van der Waals surface area contributed by atoms with Gasteiger partial charge in [0.1, 0.15) is 5.60 Å². The van der Waals surface area contributed by atoms with Crippen LogP contribution in [0.3, 0.4) is 0 Å². The first-order chi connectivity index (χ1) is 10.8. The van der Waals surface area contributed by atoms with Gasteiger partial charge in [0.05, 0.1) is 18.9 Å². The van der Waals surface area contributed by atoms with E-state index in [1.54, 1.807) is 17.0 Å². The average Bonchev–Trinajstić information content (AvgIpc) is 2.48. The van der Waals surface area contributed by atoms with Crippen LogP contribution in [0, 0.1) is 5.92 Å². The Labute approximate surface area is 142 Å². The largest absolute Gasteiger partial charge is 0.444 e. The van der Waals surface area contributed by atoms with E-state index >= 15 is 0 Å². The molecule has 23 heavy (non-hydrogen) atoms. The first kappa shape index (κ1) is 17.9. The van der Waals surface area contributed by atoms with E-state index < -0.39 is 5.60 Å². The van der Waals surface area contributed by atoms with Crippen molar-refractivity contribution in [3.63, 3.8) is 0 Å². The van der Waals surface area contributed by atoms with Crippen molar-refractivity contribution >= 4 is 17.7 Å². The smallest absolute Gasteiger partial charge is 0.410 e. The molecule has 1 saturated heterocycles. The quantitative estimate of drug-likeness (QED) is 0.840. The van der Waals surface area contributed by atoms with Gasteiger partial charge in [0, 0.05) is 13.1 Å². The fraction of sp³-hybridized carbons (Fsp3) is 0.688. The van der Waals surface area contributed by atoms with E-state index in [-0.39, 0.29) is 6.09 Å². The maximum Gasteiger partial charge on any atom is 0.410 e. The van der Waals surface area contributed by atoms with Gasteiger partial charge in [-0.3, -0.25) is 0 Å². The Morgan fingerprint density at radius 1 is 1.30 bits per heavy atom. The number of nitrogens with zero attached hydrogens (tertiary/aromatic N) is 3. The molecule has 1 amide bonds. The molecule has 0 bridgehead atoms. The zero-order chi connectivity index (χ0) is 16.9. The van der Waals surface area contributed by atoms with Crippen LogP contribution in [-0.4, -0.2) is 46.5 Å². The van der Waals surface area contributed by atoms with Gasteiger partial charge >= 0.3 is 6.09 Å². The third-order valence-corrected chi connectivity index (χ3v) is 3.76. The highest BCUT2D eigenvalue weighted by Gasteiger charge is 2.26. The molecule has 7 heteroatoms. The number of hydrogen-bond donors (Lipinski definition) is 0. The minimum Gasteiger partial charge on any atom is -0.444 e. The van der Waals surface area contributed by atoms with Crippen LogP contribution in [-0.2, 0) is 16.1 Å². The number of carbonyl (C=O) groups is 1. The molecule has 128 valence electrons. The number of rotatable bonds is 4. The van der Waals surface area contributed by atoms with Gasteiger partial charge in [-0.05, 0) is 51.7 Å². The summed E-state index contributed by atoms with van der Waals surface area (Å²) in [5.41, 5.74) is 0.317. The van der Waals surface area contributed by atoms with Gasteiger partial charge in [0.15, 0.2) is 5.15 Å². The van der Waals surface area contributed by atoms with Gasteiger partial charge in [-0.1, -0.05) is 11.6 Å². The van der Waals surface area contributed by atoms with E-state index in [1.165, 1.54) is 0 Å². The maximum absolute atomic E-state index is 12.0. The molecule has 1 aromatic rings. The molecule has 1 aliphatic heterocycles. The Morgan fingerprint density at radius 2 is 2.00 bits per heavy atom. The van der Waals surface area contributed by atoms with E-state index in [0.717, 1.165) is 18.5 Å². The fourth-order valence-electron chi connectivity index (χ4n) is 2.36. The molecule has 0 aliphatic carbocycles. The predicted octanol–water partition coefficient (Wildman–Crippen LogP) is 3.29. The number of aromatic nitrogens is 2. The maximum atomic E-state index is 12.0. The zero-order valence-corrected chi connectivity index (χ0v) is 14.7. The molecular formula is C16H24ClN3O3. The number of ether oxygens (including phenoxy) is 2. The standard InChI is InChI=1S/C16H24ClN3O3/c1-16(2,3)23-15(21)20-8-6-12(7-9-20)10-22-11-13-4-5-14(17)19-18-13/h4-5,12H,6-11H2,1-3H3. The van der Waals surface area contributed by atoms with Crippen molar-refractivity contribution in [1.82, 2.24) is 15.1 Å². The Balaban J connectivity index is 1.66. The third-order valence-electron chi connectivity index (χ3n) is 3.56. The summed E-state index contributed by atoms with van der Waals surface area (Å²) in [7, 11) is 0. The lowest BCUT2D eigenvalue weighted by molar-refractivity contribution is 0.0103. The zero-order valence-electron chi connectivity index (χ0n) is 13.9. The fourth-order valence-corrected chi connectivity index (χ4v) is 2.46. The van der Waals surface area contributed by atoms with E-state index in [0.29, 0.717) is 37.4 Å². The average molecular weight is 342 g/mol. The van der Waals surface area contributed by atoms with Gasteiger partial charge < -0.3 is 14.4 Å². The molecular weight excluding hydrogens is 318 g/mol. The lowest BCUT2D eigenvalue weighted by Crippen LogP contribution is -2.42. The topological polar surface area (TPSA) is 64.5 Å². The second-order valence-corrected chi connectivity index (χ2v) is 7.16. The van der Waals surface area contributed by atoms with E-state index in [1.807, 2.05) is 20.8 Å². The van der Waals surface area contributed by atoms with Crippen LogP contribution in [0.4, 0.5) is 4.79 Å². The van der Waals surface area contributed by atoms with Crippen LogP contribution < -0.4 is 0 Å². The first-order valence-corrected chi connectivity index (χ1v) is 8.25. The highest BCUT2D eigenvalue weighted by Crippen LogP contribution is 2.20. The molecule has 0 N–H and O–H groups in total. The number of piperidine rings is 1. The number of hydrogen-bond acceptors (Lipinski definition) is 5. The van der Waals surface area contributed by atoms with Crippen LogP contribution >= 0.6 is 11.6 Å². The van der Waals surface area contributed by atoms with Crippen molar-refractivity contribution in [2.45, 2.75) is 45.8 Å². The van der Waals surface area contributed by atoms with E-state index in [2.05, 4.69) is 10.2 Å². The molecule has 0 atom stereocenters. The van der Waals surface area contributed by atoms with E-state index in [4.69, 9.17) is 21.1 Å². The highest BCUT2D eigenvalue weighted by molar-refractivity contribution is 6.29. The van der Waals surface area contributed by atoms with Crippen molar-refractivity contribution in [1.29, 1.82) is 0 Å². The Bertz CT molecular complexity index is 508. The molecule has 0 unspecified atom stereocenters. The second-order valence-electron chi connectivity index (χ2n) is 6.77. The molecule has 0 aromatic carbocycles. The molecule has 6 nitrogen and oxygen atoms in total. The summed E-state index contributed by atoms with van der Waals surface area (Å²) in [5.74, 6) is 0.453. The Morgan fingerprint density at radius 3 is 2.57 bits per heavy atom. The molecule has 2 rings (SSSR count). The number of amides is 1. The molecule has 2 heterocycles. The third kappa shape index (κ3) is 6.31. The predicted molar refractivity (Wildman–Crippen MR) is 87.2 cm³/mol. The summed E-state index contributed by atoms with van der Waals surface area (Å²) < 4.78 is 11.1. The first-order valence-electron chi connectivity index (χ1n) is 7.87. The molecule has 0 radical (unpaired) electrons. The van der Waals surface area contributed by atoms with E-state index in [9.17, 15) is 4.79 Å². The SMILES string of the molecule is CC(C)(C)OC(=O)N1CCC(COCc2ccc(Cl)nn2)CC1. The summed E-state index contributed by atoms with van der Waals surface area (Å²) in [6.45, 7) is 8.15. The lowest BCUT2D eigenvalue weighted by atomic mass is 9.98. The number of halogens is 1. The van der Waals surface area contributed by atoms with Crippen molar-refractivity contribution in [2.24, 2.45) is 5.92 Å². The van der Waals surface area contributed by atoms with Crippen molar-refractivity contribution in [2.75, 3.05) is 19.7 Å². The van der Waals surface area contributed by atoms with Crippen molar-refractivity contribution < 1.29 is 14.3 Å². The summed E-state index contributed by atoms with van der Waals surface area (Å²) in [6, 6.07) is 3.51. The number of likely N-dealkylation sites (tertiary alicyclic amines) is 1. The van der Waals surface area contributed by atoms with Crippen LogP contribution in [0.15, 0.2) is 12.1 Å². The summed E-state index contributed by atoms with van der Waals surface area (Å²) >= 11 is 5.69. The van der Waals surface area contributed by atoms with Crippen LogP contribution in [0.25, 0.3) is 0 Å². The molecule has 0 saturated carbocycles. The van der Waals surface area contributed by atoms with Crippen molar-refractivity contribution in [3.05, 3.63) is 23.0 Å². The summed E-state index contributed by atoms with van der Waals surface area (Å²) in [4.78, 5) is 13.8. The van der Waals surface area contributed by atoms with Gasteiger partial charge in [0.25, 0.3) is 0 Å². The Kier molecular flexibility index (Phi) is 6.18. The van der Waals surface area contributed by atoms with Crippen LogP contribution in [0.1, 0.15) is 39.3 Å². The minimum atomic E-state index is -0.448. The van der Waals surface area contributed by atoms with Crippen LogP contribution in [0.2, 0.25) is 5.15 Å². The van der Waals surface area contributed by atoms with Gasteiger partial charge in [0.2, 0.25) is 0 Å². The highest BCUT2D eigenvalue weighted by atomic mass is 35.5. The van der Waals surface area contributed by atoms with Crippen molar-refractivity contribution in [3.8, 4) is 0 Å². The second kappa shape index (κ2) is 7.93. The number of carbonyl (C=O) groups excluding carboxylic acids is 1. The normalized spacial score (nSPS) is 16.4. The Hall–Kier alpha value is -1.40. The van der Waals surface area contributed by atoms with Gasteiger partial charge in [-0.25, -0.2) is 4.79 Å². The molecule has 0 spiro atoms. The van der Waals surface area contributed by atoms with Gasteiger partial charge in [-0.15, -0.1) is 5.10 Å².